The van der Waals surface area contributed by atoms with Crippen LogP contribution in [0.1, 0.15) is 13.3 Å². The van der Waals surface area contributed by atoms with E-state index in [4.69, 9.17) is 5.73 Å². The first-order chi connectivity index (χ1) is 8.75. The number of amides is 1. The van der Waals surface area contributed by atoms with E-state index in [0.29, 0.717) is 13.0 Å². The molecule has 0 saturated carbocycles. The lowest BCUT2D eigenvalue weighted by Crippen LogP contribution is -2.23. The molecule has 3 N–H and O–H groups in total. The van der Waals surface area contributed by atoms with Gasteiger partial charge in [0.2, 0.25) is 5.91 Å². The van der Waals surface area contributed by atoms with Crippen LogP contribution in [0.5, 0.6) is 0 Å². The Labute approximate surface area is 111 Å². The molecule has 0 radical (unpaired) electrons. The van der Waals surface area contributed by atoms with Gasteiger partial charge in [0.05, 0.1) is 10.6 Å². The minimum absolute atomic E-state index is 0.0457. The Balaban J connectivity index is 2.98. The van der Waals surface area contributed by atoms with Crippen LogP contribution in [0.3, 0.4) is 0 Å². The SMILES string of the molecule is CC(CCN)C(=O)Nc1cc(S(C)(=O)=O)ccc1F. The van der Waals surface area contributed by atoms with Gasteiger partial charge >= 0.3 is 0 Å². The van der Waals surface area contributed by atoms with Crippen molar-refractivity contribution in [1.29, 1.82) is 0 Å². The van der Waals surface area contributed by atoms with E-state index in [9.17, 15) is 17.6 Å². The summed E-state index contributed by atoms with van der Waals surface area (Å²) in [7, 11) is -3.45. The van der Waals surface area contributed by atoms with E-state index >= 15 is 0 Å². The highest BCUT2D eigenvalue weighted by Crippen LogP contribution is 2.20. The summed E-state index contributed by atoms with van der Waals surface area (Å²) in [6.07, 6.45) is 1.49. The molecule has 0 saturated heterocycles. The van der Waals surface area contributed by atoms with Crippen molar-refractivity contribution < 1.29 is 17.6 Å². The maximum atomic E-state index is 13.5. The summed E-state index contributed by atoms with van der Waals surface area (Å²) in [6.45, 7) is 2.01. The number of nitrogens with one attached hydrogen (secondary N) is 1. The van der Waals surface area contributed by atoms with Gasteiger partial charge in [0.25, 0.3) is 0 Å². The van der Waals surface area contributed by atoms with Gasteiger partial charge in [-0.2, -0.15) is 0 Å². The summed E-state index contributed by atoms with van der Waals surface area (Å²) < 4.78 is 36.3. The third kappa shape index (κ3) is 4.29. The fraction of sp³-hybridized carbons (Fsp3) is 0.417. The van der Waals surface area contributed by atoms with Crippen molar-refractivity contribution in [2.75, 3.05) is 18.1 Å². The first-order valence-corrected chi connectivity index (χ1v) is 7.65. The summed E-state index contributed by atoms with van der Waals surface area (Å²) >= 11 is 0. The summed E-state index contributed by atoms with van der Waals surface area (Å²) in [5.74, 6) is -1.44. The molecular formula is C12H17FN2O3S. The van der Waals surface area contributed by atoms with Gasteiger partial charge in [0, 0.05) is 12.2 Å². The zero-order chi connectivity index (χ0) is 14.6. The molecule has 1 atom stereocenters. The van der Waals surface area contributed by atoms with E-state index in [1.807, 2.05) is 0 Å². The molecule has 0 aromatic heterocycles. The summed E-state index contributed by atoms with van der Waals surface area (Å²) in [4.78, 5) is 11.7. The molecule has 106 valence electrons. The monoisotopic (exact) mass is 288 g/mol. The van der Waals surface area contributed by atoms with Gasteiger partial charge < -0.3 is 11.1 Å². The fourth-order valence-electron chi connectivity index (χ4n) is 1.47. The van der Waals surface area contributed by atoms with Crippen LogP contribution in [0.25, 0.3) is 0 Å². The number of carbonyl (C=O) groups excluding carboxylic acids is 1. The summed E-state index contributed by atoms with van der Waals surface area (Å²) in [6, 6.07) is 3.28. The average molecular weight is 288 g/mol. The molecule has 1 aromatic carbocycles. The van der Waals surface area contributed by atoms with Crippen molar-refractivity contribution in [3.63, 3.8) is 0 Å². The van der Waals surface area contributed by atoms with E-state index in [1.165, 1.54) is 0 Å². The number of hydrogen-bond acceptors (Lipinski definition) is 4. The van der Waals surface area contributed by atoms with Crippen LogP contribution < -0.4 is 11.1 Å². The Morgan fingerprint density at radius 2 is 2.11 bits per heavy atom. The first-order valence-electron chi connectivity index (χ1n) is 5.76. The molecule has 0 aliphatic carbocycles. The molecule has 0 spiro atoms. The highest BCUT2D eigenvalue weighted by atomic mass is 32.2. The van der Waals surface area contributed by atoms with Crippen LogP contribution >= 0.6 is 0 Å². The van der Waals surface area contributed by atoms with Crippen molar-refractivity contribution in [2.45, 2.75) is 18.2 Å². The zero-order valence-corrected chi connectivity index (χ0v) is 11.6. The number of rotatable bonds is 5. The number of sulfone groups is 1. The van der Waals surface area contributed by atoms with Gasteiger partial charge in [-0.25, -0.2) is 12.8 Å². The largest absolute Gasteiger partial charge is 0.330 e. The summed E-state index contributed by atoms with van der Waals surface area (Å²) in [5, 5.41) is 2.37. The molecule has 7 heteroatoms. The second-order valence-corrected chi connectivity index (χ2v) is 6.40. The predicted octanol–water partition coefficient (Wildman–Crippen LogP) is 1.15. The molecule has 1 rings (SSSR count). The topological polar surface area (TPSA) is 89.3 Å². The fourth-order valence-corrected chi connectivity index (χ4v) is 2.12. The molecule has 1 unspecified atom stereocenters. The Kier molecular flexibility index (Phi) is 5.02. The van der Waals surface area contributed by atoms with E-state index < -0.39 is 21.6 Å². The van der Waals surface area contributed by atoms with Gasteiger partial charge in [0.1, 0.15) is 5.82 Å². The molecule has 5 nitrogen and oxygen atoms in total. The van der Waals surface area contributed by atoms with Crippen molar-refractivity contribution in [1.82, 2.24) is 0 Å². The van der Waals surface area contributed by atoms with Gasteiger partial charge in [-0.1, -0.05) is 6.92 Å². The van der Waals surface area contributed by atoms with Crippen LogP contribution in [0, 0.1) is 11.7 Å². The van der Waals surface area contributed by atoms with Crippen molar-refractivity contribution in [3.8, 4) is 0 Å². The average Bonchev–Trinajstić information content (AvgIpc) is 2.30. The second-order valence-electron chi connectivity index (χ2n) is 4.38. The highest BCUT2D eigenvalue weighted by Gasteiger charge is 2.16. The van der Waals surface area contributed by atoms with Gasteiger partial charge in [0.15, 0.2) is 9.84 Å². The Morgan fingerprint density at radius 3 is 2.63 bits per heavy atom. The zero-order valence-electron chi connectivity index (χ0n) is 10.8. The quantitative estimate of drug-likeness (QED) is 0.795. The van der Waals surface area contributed by atoms with Crippen LogP contribution in [0.15, 0.2) is 23.1 Å². The standard InChI is InChI=1S/C12H17FN2O3S/c1-8(5-6-14)12(16)15-11-7-9(19(2,17)18)3-4-10(11)13/h3-4,7-8H,5-6,14H2,1-2H3,(H,15,16). The Hall–Kier alpha value is -1.47. The van der Waals surface area contributed by atoms with E-state index in [2.05, 4.69) is 5.32 Å². The Bertz CT molecular complexity index is 572. The van der Waals surface area contributed by atoms with Crippen molar-refractivity contribution in [3.05, 3.63) is 24.0 Å². The van der Waals surface area contributed by atoms with Gasteiger partial charge in [-0.05, 0) is 31.2 Å². The van der Waals surface area contributed by atoms with Gasteiger partial charge in [-0.15, -0.1) is 0 Å². The van der Waals surface area contributed by atoms with E-state index in [1.54, 1.807) is 6.92 Å². The third-order valence-electron chi connectivity index (χ3n) is 2.67. The van der Waals surface area contributed by atoms with Crippen molar-refractivity contribution >= 4 is 21.4 Å². The smallest absolute Gasteiger partial charge is 0.227 e. The van der Waals surface area contributed by atoms with Gasteiger partial charge in [-0.3, -0.25) is 4.79 Å². The first kappa shape index (κ1) is 15.6. The van der Waals surface area contributed by atoms with Crippen LogP contribution in [0.2, 0.25) is 0 Å². The molecular weight excluding hydrogens is 271 g/mol. The predicted molar refractivity (Wildman–Crippen MR) is 71.0 cm³/mol. The lowest BCUT2D eigenvalue weighted by molar-refractivity contribution is -0.119. The molecule has 1 amide bonds. The number of hydrogen-bond donors (Lipinski definition) is 2. The Morgan fingerprint density at radius 1 is 1.47 bits per heavy atom. The molecule has 0 bridgehead atoms. The summed E-state index contributed by atoms with van der Waals surface area (Å²) in [5.41, 5.74) is 5.20. The van der Waals surface area contributed by atoms with Crippen molar-refractivity contribution in [2.24, 2.45) is 11.7 Å². The minimum atomic E-state index is -3.45. The number of benzene rings is 1. The number of nitrogens with two attached hydrogens (primary N) is 1. The maximum absolute atomic E-state index is 13.5. The van der Waals surface area contributed by atoms with Crippen LogP contribution in [-0.2, 0) is 14.6 Å². The lowest BCUT2D eigenvalue weighted by Gasteiger charge is -2.12. The number of anilines is 1. The maximum Gasteiger partial charge on any atom is 0.227 e. The lowest BCUT2D eigenvalue weighted by atomic mass is 10.1. The number of halogens is 1. The van der Waals surface area contributed by atoms with E-state index in [0.717, 1.165) is 24.5 Å². The molecule has 0 fully saturated rings. The molecule has 0 aliphatic rings. The molecule has 1 aromatic rings. The van der Waals surface area contributed by atoms with Crippen LogP contribution in [-0.4, -0.2) is 27.1 Å². The second kappa shape index (κ2) is 6.12. The normalized spacial score (nSPS) is 13.1. The van der Waals surface area contributed by atoms with E-state index in [-0.39, 0.29) is 16.5 Å². The molecule has 0 heterocycles. The molecule has 0 aliphatic heterocycles. The number of carbonyl (C=O) groups is 1. The highest BCUT2D eigenvalue weighted by molar-refractivity contribution is 7.90. The van der Waals surface area contributed by atoms with Crippen LogP contribution in [0.4, 0.5) is 10.1 Å². The third-order valence-corrected chi connectivity index (χ3v) is 3.78. The molecule has 19 heavy (non-hydrogen) atoms. The minimum Gasteiger partial charge on any atom is -0.330 e.